The van der Waals surface area contributed by atoms with Gasteiger partial charge in [0.1, 0.15) is 0 Å². The molecule has 1 atom stereocenters. The standard InChI is InChI=1S/C9H11N3O3.C2H6/c10-8(9(11)13)5-6-1-3-7(4-2-6)12(14)15;1-2/h1-4,8H,5,10H2,(H2,11,13);1-2H3. The zero-order valence-corrected chi connectivity index (χ0v) is 9.92. The fourth-order valence-corrected chi connectivity index (χ4v) is 1.11. The molecule has 1 rings (SSSR count). The molecule has 1 amide bonds. The van der Waals surface area contributed by atoms with Crippen LogP contribution in [0.4, 0.5) is 5.69 Å². The number of amides is 1. The Kier molecular flexibility index (Phi) is 6.50. The lowest BCUT2D eigenvalue weighted by atomic mass is 10.1. The highest BCUT2D eigenvalue weighted by atomic mass is 16.6. The summed E-state index contributed by atoms with van der Waals surface area (Å²) in [6.07, 6.45) is 0.285. The van der Waals surface area contributed by atoms with Crippen molar-refractivity contribution in [3.8, 4) is 0 Å². The Bertz CT molecular complexity index is 376. The van der Waals surface area contributed by atoms with E-state index in [1.165, 1.54) is 12.1 Å². The number of hydrogen-bond donors (Lipinski definition) is 2. The van der Waals surface area contributed by atoms with E-state index < -0.39 is 16.9 Å². The minimum Gasteiger partial charge on any atom is -0.368 e. The summed E-state index contributed by atoms with van der Waals surface area (Å²) >= 11 is 0. The third-order valence-electron chi connectivity index (χ3n) is 1.97. The van der Waals surface area contributed by atoms with Crippen LogP contribution in [-0.2, 0) is 11.2 Å². The first-order valence-corrected chi connectivity index (χ1v) is 5.29. The van der Waals surface area contributed by atoms with E-state index in [9.17, 15) is 14.9 Å². The van der Waals surface area contributed by atoms with Gasteiger partial charge in [-0.05, 0) is 12.0 Å². The fraction of sp³-hybridized carbons (Fsp3) is 0.364. The van der Waals surface area contributed by atoms with Crippen LogP contribution in [0.15, 0.2) is 24.3 Å². The van der Waals surface area contributed by atoms with Crippen molar-refractivity contribution in [2.24, 2.45) is 11.5 Å². The van der Waals surface area contributed by atoms with E-state index in [-0.39, 0.29) is 12.1 Å². The molecule has 0 saturated heterocycles. The van der Waals surface area contributed by atoms with E-state index in [1.807, 2.05) is 13.8 Å². The van der Waals surface area contributed by atoms with E-state index in [0.29, 0.717) is 0 Å². The summed E-state index contributed by atoms with van der Waals surface area (Å²) in [7, 11) is 0. The van der Waals surface area contributed by atoms with Crippen molar-refractivity contribution >= 4 is 11.6 Å². The summed E-state index contributed by atoms with van der Waals surface area (Å²) in [6, 6.07) is 5.08. The van der Waals surface area contributed by atoms with Gasteiger partial charge in [0.2, 0.25) is 5.91 Å². The van der Waals surface area contributed by atoms with Crippen LogP contribution >= 0.6 is 0 Å². The molecule has 1 unspecified atom stereocenters. The maximum Gasteiger partial charge on any atom is 0.269 e. The molecule has 0 radical (unpaired) electrons. The van der Waals surface area contributed by atoms with Crippen LogP contribution < -0.4 is 11.5 Å². The molecule has 0 spiro atoms. The molecule has 6 nitrogen and oxygen atoms in total. The molecular formula is C11H17N3O3. The molecule has 0 bridgehead atoms. The maximum absolute atomic E-state index is 10.7. The van der Waals surface area contributed by atoms with Gasteiger partial charge in [0, 0.05) is 12.1 Å². The van der Waals surface area contributed by atoms with Crippen LogP contribution in [0.1, 0.15) is 19.4 Å². The summed E-state index contributed by atoms with van der Waals surface area (Å²) in [5.41, 5.74) is 11.2. The molecule has 94 valence electrons. The zero-order valence-electron chi connectivity index (χ0n) is 9.92. The van der Waals surface area contributed by atoms with Crippen LogP contribution in [0, 0.1) is 10.1 Å². The number of nitro groups is 1. The lowest BCUT2D eigenvalue weighted by Gasteiger charge is -2.06. The molecule has 17 heavy (non-hydrogen) atoms. The topological polar surface area (TPSA) is 112 Å². The highest BCUT2D eigenvalue weighted by molar-refractivity contribution is 5.79. The van der Waals surface area contributed by atoms with Crippen molar-refractivity contribution < 1.29 is 9.72 Å². The van der Waals surface area contributed by atoms with Crippen molar-refractivity contribution in [1.29, 1.82) is 0 Å². The summed E-state index contributed by atoms with van der Waals surface area (Å²) in [4.78, 5) is 20.5. The van der Waals surface area contributed by atoms with Gasteiger partial charge < -0.3 is 11.5 Å². The van der Waals surface area contributed by atoms with Crippen LogP contribution in [0.2, 0.25) is 0 Å². The lowest BCUT2D eigenvalue weighted by Crippen LogP contribution is -2.38. The quantitative estimate of drug-likeness (QED) is 0.602. The highest BCUT2D eigenvalue weighted by Gasteiger charge is 2.11. The smallest absolute Gasteiger partial charge is 0.269 e. The Hall–Kier alpha value is -1.95. The minimum atomic E-state index is -0.758. The maximum atomic E-state index is 10.7. The summed E-state index contributed by atoms with van der Waals surface area (Å²) in [5.74, 6) is -0.589. The van der Waals surface area contributed by atoms with Gasteiger partial charge in [-0.2, -0.15) is 0 Å². The van der Waals surface area contributed by atoms with Crippen molar-refractivity contribution in [3.05, 3.63) is 39.9 Å². The number of hydrogen-bond acceptors (Lipinski definition) is 4. The van der Waals surface area contributed by atoms with Crippen molar-refractivity contribution in [1.82, 2.24) is 0 Å². The van der Waals surface area contributed by atoms with Gasteiger partial charge in [-0.1, -0.05) is 26.0 Å². The van der Waals surface area contributed by atoms with E-state index in [1.54, 1.807) is 12.1 Å². The van der Waals surface area contributed by atoms with Crippen molar-refractivity contribution in [3.63, 3.8) is 0 Å². The van der Waals surface area contributed by atoms with Gasteiger partial charge in [-0.25, -0.2) is 0 Å². The van der Waals surface area contributed by atoms with Gasteiger partial charge >= 0.3 is 0 Å². The molecular weight excluding hydrogens is 222 g/mol. The Morgan fingerprint density at radius 2 is 1.82 bits per heavy atom. The molecule has 0 aromatic heterocycles. The SMILES string of the molecule is CC.NC(=O)C(N)Cc1ccc([N+](=O)[O-])cc1. The molecule has 0 aliphatic carbocycles. The largest absolute Gasteiger partial charge is 0.368 e. The number of non-ortho nitro benzene ring substituents is 1. The minimum absolute atomic E-state index is 0.00592. The molecule has 1 aromatic carbocycles. The Balaban J connectivity index is 0.00000121. The summed E-state index contributed by atoms with van der Waals surface area (Å²) < 4.78 is 0. The number of nitrogens with zero attached hydrogens (tertiary/aromatic N) is 1. The fourth-order valence-electron chi connectivity index (χ4n) is 1.11. The number of carbonyl (C=O) groups is 1. The Labute approximate surface area is 99.8 Å². The predicted molar refractivity (Wildman–Crippen MR) is 65.3 cm³/mol. The molecule has 0 fully saturated rings. The van der Waals surface area contributed by atoms with E-state index >= 15 is 0 Å². The summed E-state index contributed by atoms with van der Waals surface area (Å²) in [6.45, 7) is 4.00. The molecule has 0 heterocycles. The Morgan fingerprint density at radius 1 is 1.35 bits per heavy atom. The molecule has 4 N–H and O–H groups in total. The number of benzene rings is 1. The third kappa shape index (κ3) is 5.07. The first-order chi connectivity index (χ1) is 8.00. The van der Waals surface area contributed by atoms with Crippen LogP contribution in [0.3, 0.4) is 0 Å². The average molecular weight is 239 g/mol. The van der Waals surface area contributed by atoms with Crippen LogP contribution in [0.5, 0.6) is 0 Å². The number of nitro benzene ring substituents is 1. The molecule has 1 aromatic rings. The molecule has 0 aliphatic heterocycles. The number of primary amides is 1. The lowest BCUT2D eigenvalue weighted by molar-refractivity contribution is -0.384. The number of carbonyl (C=O) groups excluding carboxylic acids is 1. The molecule has 0 aliphatic rings. The summed E-state index contributed by atoms with van der Waals surface area (Å²) in [5, 5.41) is 10.3. The third-order valence-corrected chi connectivity index (χ3v) is 1.97. The second-order valence-corrected chi connectivity index (χ2v) is 3.14. The second kappa shape index (κ2) is 7.34. The van der Waals surface area contributed by atoms with Gasteiger partial charge in [0.15, 0.2) is 0 Å². The van der Waals surface area contributed by atoms with Gasteiger partial charge in [-0.15, -0.1) is 0 Å². The first-order valence-electron chi connectivity index (χ1n) is 5.29. The van der Waals surface area contributed by atoms with E-state index in [0.717, 1.165) is 5.56 Å². The van der Waals surface area contributed by atoms with E-state index in [2.05, 4.69) is 0 Å². The molecule has 6 heteroatoms. The first kappa shape index (κ1) is 15.0. The monoisotopic (exact) mass is 239 g/mol. The molecule has 0 saturated carbocycles. The average Bonchev–Trinajstić information content (AvgIpc) is 2.32. The predicted octanol–water partition coefficient (Wildman–Crippen LogP) is 0.976. The zero-order chi connectivity index (χ0) is 13.4. The van der Waals surface area contributed by atoms with Gasteiger partial charge in [-0.3, -0.25) is 14.9 Å². The van der Waals surface area contributed by atoms with E-state index in [4.69, 9.17) is 11.5 Å². The van der Waals surface area contributed by atoms with Crippen molar-refractivity contribution in [2.45, 2.75) is 26.3 Å². The number of rotatable bonds is 4. The number of nitrogens with two attached hydrogens (primary N) is 2. The van der Waals surface area contributed by atoms with Crippen LogP contribution in [0.25, 0.3) is 0 Å². The normalized spacial score (nSPS) is 11.0. The highest BCUT2D eigenvalue weighted by Crippen LogP contribution is 2.12. The Morgan fingerprint density at radius 3 is 2.18 bits per heavy atom. The van der Waals surface area contributed by atoms with Crippen LogP contribution in [-0.4, -0.2) is 16.9 Å². The van der Waals surface area contributed by atoms with Gasteiger partial charge in [0.05, 0.1) is 11.0 Å². The van der Waals surface area contributed by atoms with Gasteiger partial charge in [0.25, 0.3) is 5.69 Å². The second-order valence-electron chi connectivity index (χ2n) is 3.14. The van der Waals surface area contributed by atoms with Crippen molar-refractivity contribution in [2.75, 3.05) is 0 Å².